The molecule has 0 fully saturated rings. The van der Waals surface area contributed by atoms with Crippen LogP contribution in [0.25, 0.3) is 11.1 Å². The molecule has 4 amide bonds. The average molecular weight is 586 g/mol. The Morgan fingerprint density at radius 1 is 0.929 bits per heavy atom. The maximum atomic E-state index is 13.4. The lowest BCUT2D eigenvalue weighted by Crippen LogP contribution is -2.59. The Bertz CT molecular complexity index is 1290. The molecule has 42 heavy (non-hydrogen) atoms. The molecule has 4 bridgehead atoms. The smallest absolute Gasteiger partial charge is 0.245 e. The van der Waals surface area contributed by atoms with E-state index in [9.17, 15) is 34.5 Å². The van der Waals surface area contributed by atoms with E-state index in [2.05, 4.69) is 21.3 Å². The van der Waals surface area contributed by atoms with Crippen LogP contribution in [0.5, 0.6) is 11.5 Å². The molecule has 4 atom stereocenters. The van der Waals surface area contributed by atoms with Gasteiger partial charge in [0.15, 0.2) is 0 Å². The first-order valence-corrected chi connectivity index (χ1v) is 13.7. The lowest BCUT2D eigenvalue weighted by molar-refractivity contribution is -0.134. The Morgan fingerprint density at radius 2 is 1.55 bits per heavy atom. The number of nitrogens with one attached hydrogen (secondary N) is 4. The molecule has 2 aromatic carbocycles. The first kappa shape index (κ1) is 32.3. The molecule has 0 aromatic heterocycles. The molecule has 1 aliphatic rings. The first-order chi connectivity index (χ1) is 20.1. The zero-order valence-corrected chi connectivity index (χ0v) is 23.1. The number of hydrogen-bond acceptors (Lipinski definition) is 10. The van der Waals surface area contributed by atoms with Crippen LogP contribution in [-0.4, -0.2) is 89.4 Å². The summed E-state index contributed by atoms with van der Waals surface area (Å²) in [5, 5.41) is 41.0. The summed E-state index contributed by atoms with van der Waals surface area (Å²) in [4.78, 5) is 52.3. The highest BCUT2D eigenvalue weighted by atomic mass is 16.3. The molecule has 14 nitrogen and oxygen atoms in total. The van der Waals surface area contributed by atoms with Gasteiger partial charge in [0.25, 0.3) is 0 Å². The summed E-state index contributed by atoms with van der Waals surface area (Å²) < 4.78 is 0. The van der Waals surface area contributed by atoms with Gasteiger partial charge in [0, 0.05) is 25.9 Å². The SMILES string of the molecule is NCCC[C@@H]1NC(=O)[C@@H](N)Cc2cc(ccc2O)-c2ccc(O)c(c2)C[C@@H](C(=O)NC(CO)C(=O)NCCN)NC1=O. The number of benzene rings is 2. The van der Waals surface area contributed by atoms with Crippen LogP contribution in [0, 0.1) is 0 Å². The van der Waals surface area contributed by atoms with Gasteiger partial charge in [0.2, 0.25) is 23.6 Å². The van der Waals surface area contributed by atoms with Crippen molar-refractivity contribution in [3.05, 3.63) is 47.5 Å². The number of hydrogen-bond donors (Lipinski definition) is 10. The number of aromatic hydroxyl groups is 2. The minimum atomic E-state index is -1.33. The van der Waals surface area contributed by atoms with Crippen molar-refractivity contribution in [1.29, 1.82) is 0 Å². The van der Waals surface area contributed by atoms with Crippen LogP contribution in [0.3, 0.4) is 0 Å². The normalized spacial score (nSPS) is 19.9. The second-order valence-electron chi connectivity index (χ2n) is 10.1. The van der Waals surface area contributed by atoms with Crippen molar-refractivity contribution < 1.29 is 34.5 Å². The fourth-order valence-electron chi connectivity index (χ4n) is 4.54. The Hall–Kier alpha value is -4.24. The number of fused-ring (bicyclic) bond motifs is 5. The fraction of sp³-hybridized carbons (Fsp3) is 0.429. The number of nitrogens with two attached hydrogens (primary N) is 3. The molecule has 3 rings (SSSR count). The molecule has 2 aromatic rings. The maximum Gasteiger partial charge on any atom is 0.245 e. The van der Waals surface area contributed by atoms with E-state index in [0.717, 1.165) is 0 Å². The van der Waals surface area contributed by atoms with Gasteiger partial charge in [-0.05, 0) is 65.9 Å². The van der Waals surface area contributed by atoms with Crippen LogP contribution in [0.2, 0.25) is 0 Å². The molecule has 1 heterocycles. The quantitative estimate of drug-likeness (QED) is 0.147. The Kier molecular flexibility index (Phi) is 11.6. The van der Waals surface area contributed by atoms with Crippen LogP contribution in [-0.2, 0) is 32.0 Å². The fourth-order valence-corrected chi connectivity index (χ4v) is 4.54. The number of aliphatic hydroxyl groups is 1. The van der Waals surface area contributed by atoms with Gasteiger partial charge >= 0.3 is 0 Å². The van der Waals surface area contributed by atoms with E-state index in [1.807, 2.05) is 0 Å². The Morgan fingerprint density at radius 3 is 2.12 bits per heavy atom. The summed E-state index contributed by atoms with van der Waals surface area (Å²) in [6, 6.07) is 4.59. The van der Waals surface area contributed by atoms with E-state index in [0.29, 0.717) is 28.7 Å². The van der Waals surface area contributed by atoms with E-state index in [-0.39, 0.29) is 50.4 Å². The van der Waals surface area contributed by atoms with Gasteiger partial charge in [-0.1, -0.05) is 12.1 Å². The van der Waals surface area contributed by atoms with Gasteiger partial charge < -0.3 is 53.8 Å². The number of phenolic OH excluding ortho intramolecular Hbond substituents is 2. The van der Waals surface area contributed by atoms with Crippen LogP contribution >= 0.6 is 0 Å². The molecule has 1 aliphatic heterocycles. The van der Waals surface area contributed by atoms with Gasteiger partial charge in [0.1, 0.15) is 29.6 Å². The number of carbonyl (C=O) groups is 4. The van der Waals surface area contributed by atoms with E-state index >= 15 is 0 Å². The molecule has 14 heteroatoms. The largest absolute Gasteiger partial charge is 0.508 e. The topological polar surface area (TPSA) is 255 Å². The van der Waals surface area contributed by atoms with Crippen molar-refractivity contribution >= 4 is 23.6 Å². The van der Waals surface area contributed by atoms with Gasteiger partial charge in [-0.25, -0.2) is 0 Å². The number of phenols is 2. The molecule has 0 spiro atoms. The summed E-state index contributed by atoms with van der Waals surface area (Å²) in [7, 11) is 0. The zero-order chi connectivity index (χ0) is 30.8. The molecular weight excluding hydrogens is 546 g/mol. The summed E-state index contributed by atoms with van der Waals surface area (Å²) in [5.41, 5.74) is 19.2. The first-order valence-electron chi connectivity index (χ1n) is 13.7. The van der Waals surface area contributed by atoms with E-state index in [4.69, 9.17) is 17.2 Å². The summed E-state index contributed by atoms with van der Waals surface area (Å²) in [5.74, 6) is -3.06. The van der Waals surface area contributed by atoms with E-state index < -0.39 is 54.4 Å². The molecule has 0 radical (unpaired) electrons. The van der Waals surface area contributed by atoms with Crippen molar-refractivity contribution in [2.24, 2.45) is 17.2 Å². The Labute approximate surface area is 243 Å². The van der Waals surface area contributed by atoms with E-state index in [1.165, 1.54) is 12.1 Å². The molecular formula is C28H39N7O7. The molecule has 0 saturated heterocycles. The number of carbonyl (C=O) groups excluding carboxylic acids is 4. The second kappa shape index (κ2) is 15.1. The summed E-state index contributed by atoms with van der Waals surface area (Å²) in [6.07, 6.45) is 0.269. The number of amides is 4. The highest BCUT2D eigenvalue weighted by molar-refractivity contribution is 5.95. The standard InChI is InChI=1S/C28H39N7O7/c29-7-1-2-20-27(41)34-21(28(42)35-22(14-36)26(40)32-9-8-30)13-18-11-16(4-6-24(18)38)15-3-5-23(37)17(10-15)12-19(31)25(39)33-20/h3-6,10-11,19-22,36-38H,1-2,7-9,12-14,29-31H2,(H,32,40)(H,33,39)(H,34,41)(H,35,42)/t19-,20-,21-,22?/m0/s1. The summed E-state index contributed by atoms with van der Waals surface area (Å²) in [6.45, 7) is -0.225. The lowest BCUT2D eigenvalue weighted by atomic mass is 9.95. The molecule has 13 N–H and O–H groups in total. The predicted molar refractivity (Wildman–Crippen MR) is 154 cm³/mol. The van der Waals surface area contributed by atoms with Crippen LogP contribution in [0.4, 0.5) is 0 Å². The highest BCUT2D eigenvalue weighted by Crippen LogP contribution is 2.30. The van der Waals surface area contributed by atoms with Gasteiger partial charge in [0.05, 0.1) is 12.6 Å². The second-order valence-corrected chi connectivity index (χ2v) is 10.1. The monoisotopic (exact) mass is 585 g/mol. The van der Waals surface area contributed by atoms with Crippen LogP contribution in [0.1, 0.15) is 24.0 Å². The molecule has 0 aliphatic carbocycles. The third-order valence-electron chi connectivity index (χ3n) is 6.91. The minimum Gasteiger partial charge on any atom is -0.508 e. The van der Waals surface area contributed by atoms with Crippen molar-refractivity contribution in [2.45, 2.75) is 49.9 Å². The van der Waals surface area contributed by atoms with Crippen LogP contribution < -0.4 is 38.5 Å². The van der Waals surface area contributed by atoms with E-state index in [1.54, 1.807) is 24.3 Å². The van der Waals surface area contributed by atoms with Gasteiger partial charge in [-0.2, -0.15) is 0 Å². The number of aliphatic hydroxyl groups excluding tert-OH is 1. The number of rotatable bonds is 9. The van der Waals surface area contributed by atoms with Crippen LogP contribution in [0.15, 0.2) is 36.4 Å². The summed E-state index contributed by atoms with van der Waals surface area (Å²) >= 11 is 0. The minimum absolute atomic E-state index is 0.0263. The van der Waals surface area contributed by atoms with Crippen molar-refractivity contribution in [1.82, 2.24) is 21.3 Å². The molecule has 1 unspecified atom stereocenters. The van der Waals surface area contributed by atoms with Crippen molar-refractivity contribution in [2.75, 3.05) is 26.2 Å². The molecule has 0 saturated carbocycles. The third kappa shape index (κ3) is 8.39. The van der Waals surface area contributed by atoms with Gasteiger partial charge in [-0.15, -0.1) is 0 Å². The van der Waals surface area contributed by atoms with Crippen molar-refractivity contribution in [3.63, 3.8) is 0 Å². The van der Waals surface area contributed by atoms with Crippen molar-refractivity contribution in [3.8, 4) is 22.6 Å². The predicted octanol–water partition coefficient (Wildman–Crippen LogP) is -2.55. The van der Waals surface area contributed by atoms with Gasteiger partial charge in [-0.3, -0.25) is 19.2 Å². The third-order valence-corrected chi connectivity index (χ3v) is 6.91. The average Bonchev–Trinajstić information content (AvgIpc) is 2.97. The zero-order valence-electron chi connectivity index (χ0n) is 23.1. The highest BCUT2D eigenvalue weighted by Gasteiger charge is 2.31. The lowest BCUT2D eigenvalue weighted by Gasteiger charge is -2.26. The Balaban J connectivity index is 2.05. The maximum absolute atomic E-state index is 13.4. The molecule has 228 valence electrons.